The van der Waals surface area contributed by atoms with Gasteiger partial charge in [0.1, 0.15) is 5.65 Å². The van der Waals surface area contributed by atoms with Crippen LogP contribution in [0.1, 0.15) is 11.3 Å². The second-order valence-electron chi connectivity index (χ2n) is 4.10. The molecule has 3 aromatic heterocycles. The third-order valence-electron chi connectivity index (χ3n) is 2.70. The Balaban J connectivity index is 2.13. The lowest BCUT2D eigenvalue weighted by molar-refractivity contribution is 1.03. The molecule has 0 N–H and O–H groups in total. The Morgan fingerprint density at radius 1 is 1.40 bits per heavy atom. The fourth-order valence-electron chi connectivity index (χ4n) is 1.78. The molecule has 3 aromatic rings. The lowest BCUT2D eigenvalue weighted by Gasteiger charge is -2.03. The SMILES string of the molecule is O=c1cc(/C(Cl)=C/c2ccsc2)nc2ccc(Br)cn12. The van der Waals surface area contributed by atoms with Crippen molar-refractivity contribution >= 4 is 55.6 Å². The first-order valence-corrected chi connectivity index (χ1v) is 7.83. The van der Waals surface area contributed by atoms with Gasteiger partial charge in [0.05, 0.1) is 10.7 Å². The molecule has 0 aliphatic carbocycles. The summed E-state index contributed by atoms with van der Waals surface area (Å²) in [5, 5.41) is 4.40. The molecule has 0 saturated carbocycles. The van der Waals surface area contributed by atoms with Gasteiger partial charge in [-0.3, -0.25) is 9.20 Å². The number of hydrogen-bond donors (Lipinski definition) is 0. The first-order valence-electron chi connectivity index (χ1n) is 5.72. The first-order chi connectivity index (χ1) is 9.63. The van der Waals surface area contributed by atoms with Crippen molar-refractivity contribution in [3.63, 3.8) is 0 Å². The summed E-state index contributed by atoms with van der Waals surface area (Å²) in [5.74, 6) is 0. The summed E-state index contributed by atoms with van der Waals surface area (Å²) in [6.45, 7) is 0. The minimum Gasteiger partial charge on any atom is -0.269 e. The molecular weight excluding hydrogens is 360 g/mol. The van der Waals surface area contributed by atoms with E-state index < -0.39 is 0 Å². The highest BCUT2D eigenvalue weighted by atomic mass is 79.9. The number of aromatic nitrogens is 2. The third-order valence-corrected chi connectivity index (χ3v) is 4.18. The molecule has 0 aromatic carbocycles. The van der Waals surface area contributed by atoms with E-state index in [-0.39, 0.29) is 5.56 Å². The minimum absolute atomic E-state index is 0.164. The van der Waals surface area contributed by atoms with Crippen molar-refractivity contribution in [2.24, 2.45) is 0 Å². The summed E-state index contributed by atoms with van der Waals surface area (Å²) in [4.78, 5) is 16.5. The second kappa shape index (κ2) is 5.52. The number of nitrogens with zero attached hydrogens (tertiary/aromatic N) is 2. The highest BCUT2D eigenvalue weighted by Crippen LogP contribution is 2.21. The smallest absolute Gasteiger partial charge is 0.258 e. The fourth-order valence-corrected chi connectivity index (χ4v) is 2.95. The number of fused-ring (bicyclic) bond motifs is 1. The van der Waals surface area contributed by atoms with Gasteiger partial charge in [0.15, 0.2) is 0 Å². The van der Waals surface area contributed by atoms with Gasteiger partial charge in [0.25, 0.3) is 5.56 Å². The maximum Gasteiger partial charge on any atom is 0.258 e. The third kappa shape index (κ3) is 2.70. The fraction of sp³-hybridized carbons (Fsp3) is 0. The first kappa shape index (κ1) is 13.5. The van der Waals surface area contributed by atoms with E-state index in [0.717, 1.165) is 10.0 Å². The molecule has 0 bridgehead atoms. The van der Waals surface area contributed by atoms with Gasteiger partial charge in [0, 0.05) is 16.7 Å². The molecule has 0 aliphatic heterocycles. The normalized spacial score (nSPS) is 12.0. The summed E-state index contributed by atoms with van der Waals surface area (Å²) in [7, 11) is 0. The maximum absolute atomic E-state index is 12.1. The Bertz CT molecular complexity index is 855. The molecule has 0 fully saturated rings. The van der Waals surface area contributed by atoms with Crippen molar-refractivity contribution < 1.29 is 0 Å². The van der Waals surface area contributed by atoms with E-state index in [1.54, 1.807) is 29.7 Å². The number of thiophene rings is 1. The van der Waals surface area contributed by atoms with Crippen molar-refractivity contribution in [3.05, 3.63) is 67.3 Å². The van der Waals surface area contributed by atoms with E-state index in [1.165, 1.54) is 10.5 Å². The predicted octanol–water partition coefficient (Wildman–Crippen LogP) is 4.26. The van der Waals surface area contributed by atoms with E-state index >= 15 is 0 Å². The molecule has 3 heterocycles. The molecule has 20 heavy (non-hydrogen) atoms. The largest absolute Gasteiger partial charge is 0.269 e. The highest BCUT2D eigenvalue weighted by molar-refractivity contribution is 9.10. The molecule has 100 valence electrons. The van der Waals surface area contributed by atoms with Gasteiger partial charge < -0.3 is 0 Å². The summed E-state index contributed by atoms with van der Waals surface area (Å²) in [6, 6.07) is 6.99. The standard InChI is InChI=1S/C14H8BrClN2OS/c15-10-1-2-13-17-12(6-14(19)18(13)7-10)11(16)5-9-3-4-20-8-9/h1-8H/b11-5-. The van der Waals surface area contributed by atoms with Crippen molar-refractivity contribution in [1.82, 2.24) is 9.38 Å². The highest BCUT2D eigenvalue weighted by Gasteiger charge is 2.06. The molecule has 0 unspecified atom stereocenters. The van der Waals surface area contributed by atoms with Crippen LogP contribution in [0.25, 0.3) is 16.8 Å². The minimum atomic E-state index is -0.164. The van der Waals surface area contributed by atoms with E-state index in [0.29, 0.717) is 16.4 Å². The molecule has 0 amide bonds. The average Bonchev–Trinajstić information content (AvgIpc) is 2.92. The van der Waals surface area contributed by atoms with Crippen LogP contribution in [0.2, 0.25) is 0 Å². The summed E-state index contributed by atoms with van der Waals surface area (Å²) in [5.41, 5.74) is 1.87. The van der Waals surface area contributed by atoms with E-state index in [1.807, 2.05) is 22.9 Å². The quantitative estimate of drug-likeness (QED) is 0.678. The van der Waals surface area contributed by atoms with Crippen molar-refractivity contribution in [2.45, 2.75) is 0 Å². The Morgan fingerprint density at radius 3 is 3.00 bits per heavy atom. The van der Waals surface area contributed by atoms with Gasteiger partial charge in [-0.15, -0.1) is 0 Å². The van der Waals surface area contributed by atoms with Crippen LogP contribution in [0.5, 0.6) is 0 Å². The van der Waals surface area contributed by atoms with E-state index in [2.05, 4.69) is 20.9 Å². The van der Waals surface area contributed by atoms with Gasteiger partial charge in [0.2, 0.25) is 0 Å². The lowest BCUT2D eigenvalue weighted by atomic mass is 10.2. The van der Waals surface area contributed by atoms with Crippen LogP contribution in [0, 0.1) is 0 Å². The molecule has 3 nitrogen and oxygen atoms in total. The molecule has 0 aliphatic rings. The molecule has 0 radical (unpaired) electrons. The van der Waals surface area contributed by atoms with Gasteiger partial charge in [-0.25, -0.2) is 4.98 Å². The van der Waals surface area contributed by atoms with Crippen molar-refractivity contribution in [2.75, 3.05) is 0 Å². The maximum atomic E-state index is 12.1. The predicted molar refractivity (Wildman–Crippen MR) is 87.2 cm³/mol. The number of halogens is 2. The zero-order valence-corrected chi connectivity index (χ0v) is 13.2. The van der Waals surface area contributed by atoms with Crippen molar-refractivity contribution in [3.8, 4) is 0 Å². The molecular formula is C14H8BrClN2OS. The summed E-state index contributed by atoms with van der Waals surface area (Å²) >= 11 is 11.2. The topological polar surface area (TPSA) is 34.4 Å². The van der Waals surface area contributed by atoms with Gasteiger partial charge in [-0.1, -0.05) is 11.6 Å². The van der Waals surface area contributed by atoms with Gasteiger partial charge in [-0.2, -0.15) is 11.3 Å². The van der Waals surface area contributed by atoms with Crippen LogP contribution in [0.4, 0.5) is 0 Å². The molecule has 6 heteroatoms. The van der Waals surface area contributed by atoms with E-state index in [4.69, 9.17) is 11.6 Å². The monoisotopic (exact) mass is 366 g/mol. The van der Waals surface area contributed by atoms with Crippen LogP contribution in [0.3, 0.4) is 0 Å². The van der Waals surface area contributed by atoms with Crippen LogP contribution >= 0.6 is 38.9 Å². The average molecular weight is 368 g/mol. The van der Waals surface area contributed by atoms with Crippen molar-refractivity contribution in [1.29, 1.82) is 0 Å². The lowest BCUT2D eigenvalue weighted by Crippen LogP contribution is -2.14. The summed E-state index contributed by atoms with van der Waals surface area (Å²) < 4.78 is 2.30. The second-order valence-corrected chi connectivity index (χ2v) is 6.21. The Kier molecular flexibility index (Phi) is 3.74. The number of pyridine rings is 1. The van der Waals surface area contributed by atoms with E-state index in [9.17, 15) is 4.79 Å². The van der Waals surface area contributed by atoms with Crippen LogP contribution in [-0.4, -0.2) is 9.38 Å². The molecule has 0 saturated heterocycles. The Morgan fingerprint density at radius 2 is 2.25 bits per heavy atom. The van der Waals surface area contributed by atoms with Gasteiger partial charge in [-0.05, 0) is 56.5 Å². The number of rotatable bonds is 2. The molecule has 0 atom stereocenters. The Hall–Kier alpha value is -1.43. The van der Waals surface area contributed by atoms with Crippen LogP contribution in [-0.2, 0) is 0 Å². The van der Waals surface area contributed by atoms with Crippen LogP contribution < -0.4 is 5.56 Å². The zero-order chi connectivity index (χ0) is 14.1. The number of hydrogen-bond acceptors (Lipinski definition) is 3. The molecule has 0 spiro atoms. The zero-order valence-electron chi connectivity index (χ0n) is 10.1. The Labute approximate surface area is 132 Å². The molecule has 3 rings (SSSR count). The van der Waals surface area contributed by atoms with Gasteiger partial charge >= 0.3 is 0 Å². The van der Waals surface area contributed by atoms with Crippen LogP contribution in [0.15, 0.2) is 50.5 Å². The summed E-state index contributed by atoms with van der Waals surface area (Å²) in [6.07, 6.45) is 3.49.